The van der Waals surface area contributed by atoms with Gasteiger partial charge >= 0.3 is 0 Å². The number of para-hydroxylation sites is 1. The van der Waals surface area contributed by atoms with Gasteiger partial charge in [0.2, 0.25) is 0 Å². The van der Waals surface area contributed by atoms with Crippen LogP contribution in [-0.2, 0) is 5.41 Å². The van der Waals surface area contributed by atoms with Crippen molar-refractivity contribution >= 4 is 40.8 Å². The van der Waals surface area contributed by atoms with E-state index in [0.29, 0.717) is 15.7 Å². The van der Waals surface area contributed by atoms with Crippen LogP contribution in [0.3, 0.4) is 0 Å². The molecular formula is C20H20Cl2N2. The summed E-state index contributed by atoms with van der Waals surface area (Å²) < 4.78 is 0. The van der Waals surface area contributed by atoms with E-state index < -0.39 is 0 Å². The van der Waals surface area contributed by atoms with Gasteiger partial charge in [-0.1, -0.05) is 61.3 Å². The fraction of sp³-hybridized carbons (Fsp3) is 0.250. The lowest BCUT2D eigenvalue weighted by atomic mass is 9.84. The zero-order chi connectivity index (χ0) is 17.5. The molecule has 0 saturated heterocycles. The summed E-state index contributed by atoms with van der Waals surface area (Å²) in [5.41, 5.74) is 5.25. The van der Waals surface area contributed by atoms with Gasteiger partial charge in [-0.3, -0.25) is 4.99 Å². The first-order chi connectivity index (χ1) is 11.3. The minimum Gasteiger partial charge on any atom is -0.347 e. The number of aryl methyl sites for hydroxylation is 1. The van der Waals surface area contributed by atoms with Crippen molar-refractivity contribution in [1.29, 1.82) is 0 Å². The first-order valence-corrected chi connectivity index (χ1v) is 8.62. The van der Waals surface area contributed by atoms with Crippen molar-refractivity contribution in [2.24, 2.45) is 4.99 Å². The van der Waals surface area contributed by atoms with Gasteiger partial charge in [-0.05, 0) is 36.3 Å². The van der Waals surface area contributed by atoms with Gasteiger partial charge in [0.15, 0.2) is 0 Å². The van der Waals surface area contributed by atoms with E-state index in [1.165, 1.54) is 16.9 Å². The third kappa shape index (κ3) is 2.74. The average Bonchev–Trinajstić information content (AvgIpc) is 2.75. The normalized spacial score (nSPS) is 17.8. The Morgan fingerprint density at radius 3 is 2.50 bits per heavy atom. The zero-order valence-electron chi connectivity index (χ0n) is 14.3. The number of anilines is 1. The van der Waals surface area contributed by atoms with Gasteiger partial charge in [-0.25, -0.2) is 0 Å². The van der Waals surface area contributed by atoms with Crippen molar-refractivity contribution in [2.45, 2.75) is 26.2 Å². The van der Waals surface area contributed by atoms with Crippen molar-refractivity contribution in [2.75, 3.05) is 11.9 Å². The van der Waals surface area contributed by atoms with Crippen LogP contribution in [0.4, 0.5) is 11.4 Å². The molecule has 0 saturated carbocycles. The molecule has 0 aromatic heterocycles. The van der Waals surface area contributed by atoms with E-state index in [1.807, 2.05) is 25.1 Å². The van der Waals surface area contributed by atoms with Crippen LogP contribution in [0.2, 0.25) is 10.0 Å². The molecule has 0 amide bonds. The van der Waals surface area contributed by atoms with Crippen molar-refractivity contribution in [3.63, 3.8) is 0 Å². The lowest BCUT2D eigenvalue weighted by molar-refractivity contribution is 0.641. The van der Waals surface area contributed by atoms with Gasteiger partial charge in [0.25, 0.3) is 0 Å². The number of fused-ring (bicyclic) bond motifs is 1. The summed E-state index contributed by atoms with van der Waals surface area (Å²) in [7, 11) is 2.08. The molecule has 0 aliphatic carbocycles. The molecule has 2 aromatic carbocycles. The molecule has 1 aliphatic rings. The Labute approximate surface area is 153 Å². The topological polar surface area (TPSA) is 15.6 Å². The number of rotatable bonds is 2. The number of aliphatic imine (C=N–C) groups is 1. The lowest BCUT2D eigenvalue weighted by Gasteiger charge is -2.23. The number of benzene rings is 2. The van der Waals surface area contributed by atoms with Gasteiger partial charge < -0.3 is 4.90 Å². The van der Waals surface area contributed by atoms with Crippen molar-refractivity contribution < 1.29 is 0 Å². The molecular weight excluding hydrogens is 339 g/mol. The molecule has 4 heteroatoms. The largest absolute Gasteiger partial charge is 0.347 e. The third-order valence-corrected chi connectivity index (χ3v) is 5.42. The first-order valence-electron chi connectivity index (χ1n) is 7.86. The Morgan fingerprint density at radius 2 is 1.79 bits per heavy atom. The van der Waals surface area contributed by atoms with Gasteiger partial charge in [-0.15, -0.1) is 0 Å². The molecule has 124 valence electrons. The standard InChI is InChI=1S/C20H20Cl2N2/c1-13-9-10-15(21)19(18(13)22)23-12-11-17-20(2,3)14-7-5-6-8-16(14)24(17)4/h5-12H,1-4H3. The van der Waals surface area contributed by atoms with Crippen molar-refractivity contribution in [1.82, 2.24) is 0 Å². The number of likely N-dealkylation sites (N-methyl/N-ethyl adjacent to an activating group) is 1. The zero-order valence-corrected chi connectivity index (χ0v) is 15.8. The molecule has 0 bridgehead atoms. The minimum atomic E-state index is -0.0719. The van der Waals surface area contributed by atoms with Crippen LogP contribution in [0, 0.1) is 6.92 Å². The highest BCUT2D eigenvalue weighted by molar-refractivity contribution is 6.39. The summed E-state index contributed by atoms with van der Waals surface area (Å²) in [6.07, 6.45) is 3.82. The number of halogens is 2. The summed E-state index contributed by atoms with van der Waals surface area (Å²) in [5, 5.41) is 1.15. The van der Waals surface area contributed by atoms with Crippen LogP contribution < -0.4 is 4.90 Å². The molecule has 1 aliphatic heterocycles. The second-order valence-corrected chi connectivity index (χ2v) is 7.34. The van der Waals surface area contributed by atoms with Crippen LogP contribution >= 0.6 is 23.2 Å². The predicted octanol–water partition coefficient (Wildman–Crippen LogP) is 6.32. The highest BCUT2D eigenvalue weighted by atomic mass is 35.5. The molecule has 1 heterocycles. The molecule has 0 spiro atoms. The average molecular weight is 359 g/mol. The summed E-state index contributed by atoms with van der Waals surface area (Å²) >= 11 is 12.5. The summed E-state index contributed by atoms with van der Waals surface area (Å²) in [6.45, 7) is 6.39. The number of hydrogen-bond acceptors (Lipinski definition) is 2. The molecule has 0 atom stereocenters. The Balaban J connectivity index is 1.98. The maximum atomic E-state index is 6.32. The fourth-order valence-corrected chi connectivity index (χ4v) is 3.71. The van der Waals surface area contributed by atoms with Gasteiger partial charge in [0.05, 0.1) is 10.0 Å². The van der Waals surface area contributed by atoms with E-state index in [2.05, 4.69) is 55.1 Å². The third-order valence-electron chi connectivity index (χ3n) is 4.64. The van der Waals surface area contributed by atoms with Crippen LogP contribution in [0.25, 0.3) is 0 Å². The number of nitrogens with zero attached hydrogens (tertiary/aromatic N) is 2. The van der Waals surface area contributed by atoms with Gasteiger partial charge in [0.1, 0.15) is 5.69 Å². The Bertz CT molecular complexity index is 851. The highest BCUT2D eigenvalue weighted by Crippen LogP contribution is 2.46. The van der Waals surface area contributed by atoms with E-state index in [1.54, 1.807) is 6.21 Å². The van der Waals surface area contributed by atoms with E-state index in [0.717, 1.165) is 5.56 Å². The summed E-state index contributed by atoms with van der Waals surface area (Å²) in [6, 6.07) is 12.2. The van der Waals surface area contributed by atoms with Gasteiger partial charge in [0, 0.05) is 30.1 Å². The van der Waals surface area contributed by atoms with Crippen molar-refractivity contribution in [3.05, 3.63) is 69.3 Å². The van der Waals surface area contributed by atoms with E-state index in [4.69, 9.17) is 23.2 Å². The smallest absolute Gasteiger partial charge is 0.100 e. The second-order valence-electron chi connectivity index (χ2n) is 6.56. The molecule has 0 unspecified atom stereocenters. The molecule has 0 radical (unpaired) electrons. The second kappa shape index (κ2) is 6.27. The van der Waals surface area contributed by atoms with Crippen LogP contribution in [0.1, 0.15) is 25.0 Å². The van der Waals surface area contributed by atoms with E-state index in [9.17, 15) is 0 Å². The van der Waals surface area contributed by atoms with Gasteiger partial charge in [-0.2, -0.15) is 0 Å². The van der Waals surface area contributed by atoms with E-state index in [-0.39, 0.29) is 5.41 Å². The first kappa shape index (κ1) is 17.1. The quantitative estimate of drug-likeness (QED) is 0.573. The Morgan fingerprint density at radius 1 is 1.08 bits per heavy atom. The summed E-state index contributed by atoms with van der Waals surface area (Å²) in [5.74, 6) is 0. The lowest BCUT2D eigenvalue weighted by Crippen LogP contribution is -2.23. The SMILES string of the molecule is Cc1ccc(Cl)c(N=CC=C2N(C)c3ccccc3C2(C)C)c1Cl. The molecule has 24 heavy (non-hydrogen) atoms. The van der Waals surface area contributed by atoms with Crippen LogP contribution in [-0.4, -0.2) is 13.3 Å². The monoisotopic (exact) mass is 358 g/mol. The maximum absolute atomic E-state index is 6.32. The Kier molecular flexibility index (Phi) is 4.46. The highest BCUT2D eigenvalue weighted by Gasteiger charge is 2.37. The molecule has 0 N–H and O–H groups in total. The molecule has 0 fully saturated rings. The molecule has 3 rings (SSSR count). The number of allylic oxidation sites excluding steroid dienone is 2. The molecule has 2 aromatic rings. The fourth-order valence-electron chi connectivity index (χ4n) is 3.24. The van der Waals surface area contributed by atoms with E-state index >= 15 is 0 Å². The Hall–Kier alpha value is -1.77. The minimum absolute atomic E-state index is 0.0719. The molecule has 2 nitrogen and oxygen atoms in total. The number of hydrogen-bond donors (Lipinski definition) is 0. The van der Waals surface area contributed by atoms with Crippen molar-refractivity contribution in [3.8, 4) is 0 Å². The van der Waals surface area contributed by atoms with Crippen LogP contribution in [0.15, 0.2) is 53.2 Å². The van der Waals surface area contributed by atoms with Crippen LogP contribution in [0.5, 0.6) is 0 Å². The maximum Gasteiger partial charge on any atom is 0.100 e. The summed E-state index contributed by atoms with van der Waals surface area (Å²) in [4.78, 5) is 6.71. The predicted molar refractivity (Wildman–Crippen MR) is 105 cm³/mol.